The predicted octanol–water partition coefficient (Wildman–Crippen LogP) is 1.26. The summed E-state index contributed by atoms with van der Waals surface area (Å²) in [5.74, 6) is -1.11. The van der Waals surface area contributed by atoms with Gasteiger partial charge in [-0.05, 0) is 20.8 Å². The van der Waals surface area contributed by atoms with Crippen LogP contribution in [0.4, 0.5) is 4.79 Å². The lowest BCUT2D eigenvalue weighted by molar-refractivity contribution is -0.244. The largest absolute Gasteiger partial charge is 0.442 e. The highest BCUT2D eigenvalue weighted by atomic mass is 16.8. The summed E-state index contributed by atoms with van der Waals surface area (Å²) in [4.78, 5) is 29.5. The van der Waals surface area contributed by atoms with Crippen LogP contribution in [0.2, 0.25) is 0 Å². The van der Waals surface area contributed by atoms with Gasteiger partial charge in [-0.2, -0.15) is 5.06 Å². The SMILES string of the molecule is COC1(OC)[C@@H]2CC(=O)C[C@H]1N(C(=O)OC(C)(C)C)O2. The molecule has 1 amide bonds. The molecule has 2 rings (SSSR count). The molecule has 1 saturated carbocycles. The highest BCUT2D eigenvalue weighted by molar-refractivity contribution is 5.82. The van der Waals surface area contributed by atoms with Gasteiger partial charge in [0.05, 0.1) is 0 Å². The number of nitrogens with zero attached hydrogens (tertiary/aromatic N) is 1. The third-order valence-electron chi connectivity index (χ3n) is 3.48. The van der Waals surface area contributed by atoms with Crippen molar-refractivity contribution in [2.75, 3.05) is 14.2 Å². The highest BCUT2D eigenvalue weighted by Gasteiger charge is 2.63. The number of amides is 1. The molecule has 0 N–H and O–H groups in total. The number of ketones is 1. The Morgan fingerprint density at radius 2 is 1.90 bits per heavy atom. The zero-order valence-corrected chi connectivity index (χ0v) is 12.5. The molecule has 0 spiro atoms. The van der Waals surface area contributed by atoms with Crippen LogP contribution in [-0.4, -0.2) is 54.7 Å². The lowest BCUT2D eigenvalue weighted by Crippen LogP contribution is -2.57. The Bertz CT molecular complexity index is 412. The topological polar surface area (TPSA) is 74.3 Å². The average Bonchev–Trinajstić information content (AvgIpc) is 2.49. The molecule has 1 aliphatic heterocycles. The average molecular weight is 287 g/mol. The Hall–Kier alpha value is -1.18. The van der Waals surface area contributed by atoms with Crippen molar-refractivity contribution in [3.8, 4) is 0 Å². The maximum absolute atomic E-state index is 12.2. The number of fused-ring (bicyclic) bond motifs is 2. The maximum atomic E-state index is 12.2. The van der Waals surface area contributed by atoms with Crippen LogP contribution in [0.15, 0.2) is 0 Å². The van der Waals surface area contributed by atoms with Crippen LogP contribution in [-0.2, 0) is 23.8 Å². The van der Waals surface area contributed by atoms with E-state index < -0.39 is 29.6 Å². The summed E-state index contributed by atoms with van der Waals surface area (Å²) in [5, 5.41) is 1.08. The van der Waals surface area contributed by atoms with Gasteiger partial charge in [-0.25, -0.2) is 4.79 Å². The molecular formula is C13H21NO6. The number of ether oxygens (including phenoxy) is 3. The fraction of sp³-hybridized carbons (Fsp3) is 0.846. The van der Waals surface area contributed by atoms with Crippen molar-refractivity contribution in [3.05, 3.63) is 0 Å². The zero-order valence-electron chi connectivity index (χ0n) is 12.5. The third-order valence-corrected chi connectivity index (χ3v) is 3.48. The van der Waals surface area contributed by atoms with Crippen molar-refractivity contribution in [2.45, 2.75) is 57.1 Å². The van der Waals surface area contributed by atoms with E-state index in [1.165, 1.54) is 14.2 Å². The Kier molecular flexibility index (Phi) is 3.79. The Morgan fingerprint density at radius 1 is 1.30 bits per heavy atom. The summed E-state index contributed by atoms with van der Waals surface area (Å²) in [6, 6.07) is -0.640. The molecule has 7 nitrogen and oxygen atoms in total. The lowest BCUT2D eigenvalue weighted by Gasteiger charge is -2.37. The van der Waals surface area contributed by atoms with Crippen LogP contribution >= 0.6 is 0 Å². The van der Waals surface area contributed by atoms with Crippen molar-refractivity contribution in [1.82, 2.24) is 5.06 Å². The van der Waals surface area contributed by atoms with E-state index in [1.807, 2.05) is 0 Å². The van der Waals surface area contributed by atoms with Crippen molar-refractivity contribution in [1.29, 1.82) is 0 Å². The van der Waals surface area contributed by atoms with E-state index in [-0.39, 0.29) is 18.6 Å². The molecule has 0 aromatic carbocycles. The van der Waals surface area contributed by atoms with Crippen molar-refractivity contribution >= 4 is 11.9 Å². The number of Topliss-reactive ketones (excluding diaryl/α,β-unsaturated/α-hetero) is 1. The Morgan fingerprint density at radius 3 is 2.40 bits per heavy atom. The molecule has 0 aromatic heterocycles. The number of hydrogen-bond acceptors (Lipinski definition) is 6. The van der Waals surface area contributed by atoms with Crippen LogP contribution in [0, 0.1) is 0 Å². The number of hydrogen-bond donors (Lipinski definition) is 0. The summed E-state index contributed by atoms with van der Waals surface area (Å²) in [6.45, 7) is 5.29. The van der Waals surface area contributed by atoms with Crippen LogP contribution in [0.3, 0.4) is 0 Å². The van der Waals surface area contributed by atoms with E-state index in [1.54, 1.807) is 20.8 Å². The molecule has 2 bridgehead atoms. The monoisotopic (exact) mass is 287 g/mol. The van der Waals surface area contributed by atoms with Gasteiger partial charge in [0.15, 0.2) is 0 Å². The molecule has 1 heterocycles. The van der Waals surface area contributed by atoms with Gasteiger partial charge in [-0.3, -0.25) is 9.63 Å². The molecule has 2 fully saturated rings. The fourth-order valence-electron chi connectivity index (χ4n) is 2.67. The van der Waals surface area contributed by atoms with Crippen molar-refractivity contribution in [3.63, 3.8) is 0 Å². The minimum atomic E-state index is -1.12. The second kappa shape index (κ2) is 4.98. The second-order valence-electron chi connectivity index (χ2n) is 5.99. The molecule has 1 saturated heterocycles. The number of rotatable bonds is 2. The first-order chi connectivity index (χ1) is 9.23. The number of carbonyl (C=O) groups excluding carboxylic acids is 2. The second-order valence-corrected chi connectivity index (χ2v) is 5.99. The summed E-state index contributed by atoms with van der Waals surface area (Å²) in [7, 11) is 2.95. The number of methoxy groups -OCH3 is 2. The molecule has 7 heteroatoms. The van der Waals surface area contributed by atoms with Crippen LogP contribution in [0.1, 0.15) is 33.6 Å². The molecule has 0 aromatic rings. The minimum absolute atomic E-state index is 0.00998. The predicted molar refractivity (Wildman–Crippen MR) is 67.7 cm³/mol. The van der Waals surface area contributed by atoms with Gasteiger partial charge >= 0.3 is 6.09 Å². The third kappa shape index (κ3) is 2.41. The van der Waals surface area contributed by atoms with Gasteiger partial charge < -0.3 is 14.2 Å². The van der Waals surface area contributed by atoms with Gasteiger partial charge in [-0.15, -0.1) is 0 Å². The standard InChI is InChI=1S/C13H21NO6/c1-12(2,3)19-11(16)14-9-6-8(15)7-10(20-14)13(9,17-4)18-5/h9-10H,6-7H2,1-5H3/t9-,10+/m1/s1. The summed E-state index contributed by atoms with van der Waals surface area (Å²) in [6.07, 6.45) is -1.01. The zero-order chi connectivity index (χ0) is 15.1. The van der Waals surface area contributed by atoms with Gasteiger partial charge in [0.25, 0.3) is 0 Å². The molecule has 20 heavy (non-hydrogen) atoms. The minimum Gasteiger partial charge on any atom is -0.442 e. The Labute approximate surface area is 118 Å². The van der Waals surface area contributed by atoms with Crippen LogP contribution in [0.25, 0.3) is 0 Å². The first-order valence-corrected chi connectivity index (χ1v) is 6.54. The molecule has 2 aliphatic rings. The van der Waals surface area contributed by atoms with E-state index in [0.29, 0.717) is 0 Å². The van der Waals surface area contributed by atoms with Gasteiger partial charge in [0.1, 0.15) is 23.5 Å². The Balaban J connectivity index is 2.25. The molecule has 114 valence electrons. The molecule has 1 aliphatic carbocycles. The molecule has 0 unspecified atom stereocenters. The highest BCUT2D eigenvalue weighted by Crippen LogP contribution is 2.43. The van der Waals surface area contributed by atoms with Crippen molar-refractivity contribution < 1.29 is 28.6 Å². The van der Waals surface area contributed by atoms with Gasteiger partial charge in [0.2, 0.25) is 5.79 Å². The first-order valence-electron chi connectivity index (χ1n) is 6.54. The van der Waals surface area contributed by atoms with Crippen LogP contribution < -0.4 is 0 Å². The van der Waals surface area contributed by atoms with E-state index >= 15 is 0 Å². The number of hydroxylamine groups is 2. The van der Waals surface area contributed by atoms with Crippen LogP contribution in [0.5, 0.6) is 0 Å². The first kappa shape index (κ1) is 15.2. The lowest BCUT2D eigenvalue weighted by atomic mass is 9.86. The maximum Gasteiger partial charge on any atom is 0.434 e. The molecule has 2 atom stereocenters. The van der Waals surface area contributed by atoms with E-state index in [4.69, 9.17) is 19.0 Å². The smallest absolute Gasteiger partial charge is 0.434 e. The van der Waals surface area contributed by atoms with Gasteiger partial charge in [0, 0.05) is 27.1 Å². The fourth-order valence-corrected chi connectivity index (χ4v) is 2.67. The molecule has 0 radical (unpaired) electrons. The molecular weight excluding hydrogens is 266 g/mol. The quantitative estimate of drug-likeness (QED) is 0.712. The van der Waals surface area contributed by atoms with E-state index in [9.17, 15) is 9.59 Å². The summed E-state index contributed by atoms with van der Waals surface area (Å²) >= 11 is 0. The summed E-state index contributed by atoms with van der Waals surface area (Å²) < 4.78 is 16.1. The number of carbonyl (C=O) groups is 2. The van der Waals surface area contributed by atoms with Gasteiger partial charge in [-0.1, -0.05) is 0 Å². The normalized spacial score (nSPS) is 28.6. The van der Waals surface area contributed by atoms with E-state index in [0.717, 1.165) is 5.06 Å². The summed E-state index contributed by atoms with van der Waals surface area (Å²) in [5.41, 5.74) is -0.649. The van der Waals surface area contributed by atoms with Crippen molar-refractivity contribution in [2.24, 2.45) is 0 Å². The van der Waals surface area contributed by atoms with E-state index in [2.05, 4.69) is 0 Å².